The summed E-state index contributed by atoms with van der Waals surface area (Å²) in [6, 6.07) is 15.6. The quantitative estimate of drug-likeness (QED) is 0.905. The molecule has 3 rings (SSSR count). The second-order valence-corrected chi connectivity index (χ2v) is 5.96. The summed E-state index contributed by atoms with van der Waals surface area (Å²) in [5.41, 5.74) is 1.58. The van der Waals surface area contributed by atoms with E-state index >= 15 is 0 Å². The number of halogens is 1. The Balaban J connectivity index is 1.76. The molecule has 0 aromatic heterocycles. The number of rotatable bonds is 2. The van der Waals surface area contributed by atoms with Crippen LogP contribution in [0, 0.1) is 5.82 Å². The van der Waals surface area contributed by atoms with Gasteiger partial charge in [-0.25, -0.2) is 9.18 Å². The molecule has 3 nitrogen and oxygen atoms in total. The van der Waals surface area contributed by atoms with Crippen LogP contribution in [0.2, 0.25) is 0 Å². The van der Waals surface area contributed by atoms with E-state index in [2.05, 4.69) is 5.32 Å². The Morgan fingerprint density at radius 1 is 1.19 bits per heavy atom. The molecule has 1 N–H and O–H groups in total. The lowest BCUT2D eigenvalue weighted by molar-refractivity contribution is 0.214. The summed E-state index contributed by atoms with van der Waals surface area (Å²) in [6.45, 7) is 0.657. The number of thioether (sulfide) groups is 1. The molecule has 0 spiro atoms. The van der Waals surface area contributed by atoms with Crippen LogP contribution in [0.4, 0.5) is 14.9 Å². The standard InChI is InChI=1S/C16H15FN2OS/c17-13-6-4-5-12(11-13)15-19(9-10-21-15)16(20)18-14-7-2-1-3-8-14/h1-8,11,15H,9-10H2,(H,18,20). The van der Waals surface area contributed by atoms with Crippen LogP contribution in [0.15, 0.2) is 54.6 Å². The molecule has 1 unspecified atom stereocenters. The largest absolute Gasteiger partial charge is 0.323 e. The van der Waals surface area contributed by atoms with Crippen molar-refractivity contribution >= 4 is 23.5 Å². The minimum atomic E-state index is -0.275. The van der Waals surface area contributed by atoms with E-state index in [0.29, 0.717) is 6.54 Å². The summed E-state index contributed by atoms with van der Waals surface area (Å²) < 4.78 is 13.4. The van der Waals surface area contributed by atoms with Crippen LogP contribution in [0.25, 0.3) is 0 Å². The Kier molecular flexibility index (Phi) is 4.10. The zero-order valence-corrected chi connectivity index (χ0v) is 12.1. The van der Waals surface area contributed by atoms with Gasteiger partial charge in [-0.15, -0.1) is 11.8 Å². The van der Waals surface area contributed by atoms with Gasteiger partial charge in [-0.05, 0) is 29.8 Å². The smallest absolute Gasteiger partial charge is 0.308 e. The molecule has 1 heterocycles. The number of para-hydroxylation sites is 1. The molecule has 2 aromatic rings. The average Bonchev–Trinajstić information content (AvgIpc) is 2.98. The molecule has 1 atom stereocenters. The Hall–Kier alpha value is -2.01. The summed E-state index contributed by atoms with van der Waals surface area (Å²) in [4.78, 5) is 14.1. The Morgan fingerprint density at radius 2 is 2.00 bits per heavy atom. The number of nitrogens with one attached hydrogen (secondary N) is 1. The fraction of sp³-hybridized carbons (Fsp3) is 0.188. The maximum absolute atomic E-state index is 13.4. The summed E-state index contributed by atoms with van der Waals surface area (Å²) >= 11 is 1.65. The highest BCUT2D eigenvalue weighted by molar-refractivity contribution is 7.99. The van der Waals surface area contributed by atoms with Crippen LogP contribution in [0.5, 0.6) is 0 Å². The monoisotopic (exact) mass is 302 g/mol. The Morgan fingerprint density at radius 3 is 2.76 bits per heavy atom. The summed E-state index contributed by atoms with van der Waals surface area (Å²) in [5.74, 6) is 0.576. The summed E-state index contributed by atoms with van der Waals surface area (Å²) in [5, 5.41) is 2.74. The number of hydrogen-bond donors (Lipinski definition) is 1. The van der Waals surface area contributed by atoms with Crippen molar-refractivity contribution in [2.45, 2.75) is 5.37 Å². The third-order valence-corrected chi connectivity index (χ3v) is 4.57. The van der Waals surface area contributed by atoms with Gasteiger partial charge >= 0.3 is 6.03 Å². The minimum Gasteiger partial charge on any atom is -0.308 e. The molecule has 108 valence electrons. The fourth-order valence-corrected chi connectivity index (χ4v) is 3.58. The average molecular weight is 302 g/mol. The van der Waals surface area contributed by atoms with Gasteiger partial charge in [-0.2, -0.15) is 0 Å². The third-order valence-electron chi connectivity index (χ3n) is 3.31. The Labute approximate surface area is 127 Å². The van der Waals surface area contributed by atoms with E-state index in [-0.39, 0.29) is 17.2 Å². The highest BCUT2D eigenvalue weighted by Crippen LogP contribution is 2.38. The molecule has 2 amide bonds. The van der Waals surface area contributed by atoms with Crippen molar-refractivity contribution in [1.29, 1.82) is 0 Å². The second kappa shape index (κ2) is 6.18. The van der Waals surface area contributed by atoms with E-state index in [9.17, 15) is 9.18 Å². The molecule has 2 aromatic carbocycles. The minimum absolute atomic E-state index is 0.135. The van der Waals surface area contributed by atoms with Crippen LogP contribution >= 0.6 is 11.8 Å². The molecule has 1 aliphatic rings. The first-order valence-corrected chi connectivity index (χ1v) is 7.78. The molecule has 0 radical (unpaired) electrons. The Bertz CT molecular complexity index is 635. The van der Waals surface area contributed by atoms with Crippen molar-refractivity contribution in [2.75, 3.05) is 17.6 Å². The van der Waals surface area contributed by atoms with Crippen molar-refractivity contribution in [3.8, 4) is 0 Å². The number of carbonyl (C=O) groups is 1. The van der Waals surface area contributed by atoms with E-state index < -0.39 is 0 Å². The van der Waals surface area contributed by atoms with E-state index in [4.69, 9.17) is 0 Å². The van der Waals surface area contributed by atoms with E-state index in [1.165, 1.54) is 12.1 Å². The van der Waals surface area contributed by atoms with Gasteiger partial charge in [0.25, 0.3) is 0 Å². The molecule has 0 saturated carbocycles. The molecular formula is C16H15FN2OS. The van der Waals surface area contributed by atoms with Gasteiger partial charge in [0.05, 0.1) is 0 Å². The molecule has 1 saturated heterocycles. The van der Waals surface area contributed by atoms with Crippen LogP contribution in [0.3, 0.4) is 0 Å². The molecule has 0 bridgehead atoms. The van der Waals surface area contributed by atoms with Crippen LogP contribution in [-0.2, 0) is 0 Å². The van der Waals surface area contributed by atoms with Crippen molar-refractivity contribution in [3.05, 3.63) is 66.0 Å². The first-order chi connectivity index (χ1) is 10.2. The van der Waals surface area contributed by atoms with E-state index in [1.54, 1.807) is 22.7 Å². The highest BCUT2D eigenvalue weighted by Gasteiger charge is 2.30. The topological polar surface area (TPSA) is 32.3 Å². The lowest BCUT2D eigenvalue weighted by Crippen LogP contribution is -2.34. The molecule has 1 aliphatic heterocycles. The van der Waals surface area contributed by atoms with Crippen molar-refractivity contribution in [3.63, 3.8) is 0 Å². The predicted octanol–water partition coefficient (Wildman–Crippen LogP) is 4.11. The number of benzene rings is 2. The van der Waals surface area contributed by atoms with Gasteiger partial charge in [0.1, 0.15) is 11.2 Å². The van der Waals surface area contributed by atoms with Crippen LogP contribution < -0.4 is 5.32 Å². The number of hydrogen-bond acceptors (Lipinski definition) is 2. The molecule has 0 aliphatic carbocycles. The molecule has 5 heteroatoms. The number of anilines is 1. The van der Waals surface area contributed by atoms with Crippen LogP contribution in [-0.4, -0.2) is 23.2 Å². The van der Waals surface area contributed by atoms with Crippen molar-refractivity contribution in [2.24, 2.45) is 0 Å². The maximum atomic E-state index is 13.4. The fourth-order valence-electron chi connectivity index (χ4n) is 2.33. The van der Waals surface area contributed by atoms with Gasteiger partial charge in [0.15, 0.2) is 0 Å². The number of amides is 2. The number of carbonyl (C=O) groups excluding carboxylic acids is 1. The summed E-state index contributed by atoms with van der Waals surface area (Å²) in [7, 11) is 0. The zero-order chi connectivity index (χ0) is 14.7. The third kappa shape index (κ3) is 3.19. The van der Waals surface area contributed by atoms with Gasteiger partial charge in [-0.3, -0.25) is 0 Å². The van der Waals surface area contributed by atoms with Gasteiger partial charge in [-0.1, -0.05) is 30.3 Å². The van der Waals surface area contributed by atoms with Gasteiger partial charge in [0.2, 0.25) is 0 Å². The maximum Gasteiger partial charge on any atom is 0.323 e. The van der Waals surface area contributed by atoms with E-state index in [0.717, 1.165) is 17.0 Å². The molecular weight excluding hydrogens is 287 g/mol. The normalized spacial score (nSPS) is 17.8. The highest BCUT2D eigenvalue weighted by atomic mass is 32.2. The van der Waals surface area contributed by atoms with Crippen molar-refractivity contribution < 1.29 is 9.18 Å². The van der Waals surface area contributed by atoms with Gasteiger partial charge in [0, 0.05) is 18.0 Å². The molecule has 1 fully saturated rings. The predicted molar refractivity (Wildman–Crippen MR) is 83.8 cm³/mol. The zero-order valence-electron chi connectivity index (χ0n) is 11.3. The number of urea groups is 1. The van der Waals surface area contributed by atoms with E-state index in [1.807, 2.05) is 36.4 Å². The first kappa shape index (κ1) is 13.9. The summed E-state index contributed by atoms with van der Waals surface area (Å²) in [6.07, 6.45) is 0. The lowest BCUT2D eigenvalue weighted by atomic mass is 10.2. The SMILES string of the molecule is O=C(Nc1ccccc1)N1CCSC1c1cccc(F)c1. The van der Waals surface area contributed by atoms with Gasteiger partial charge < -0.3 is 10.2 Å². The van der Waals surface area contributed by atoms with Crippen LogP contribution in [0.1, 0.15) is 10.9 Å². The molecule has 21 heavy (non-hydrogen) atoms. The second-order valence-electron chi connectivity index (χ2n) is 4.77. The first-order valence-electron chi connectivity index (χ1n) is 6.74. The van der Waals surface area contributed by atoms with Crippen molar-refractivity contribution in [1.82, 2.24) is 4.90 Å². The number of nitrogens with zero attached hydrogens (tertiary/aromatic N) is 1. The lowest BCUT2D eigenvalue weighted by Gasteiger charge is -2.24.